The van der Waals surface area contributed by atoms with Gasteiger partial charge in [-0.05, 0) is 48.4 Å². The fraction of sp³-hybridized carbons (Fsp3) is 0.136. The van der Waals surface area contributed by atoms with E-state index < -0.39 is 0 Å². The number of aromatic nitrogens is 4. The van der Waals surface area contributed by atoms with Gasteiger partial charge in [-0.15, -0.1) is 5.10 Å². The number of aryl methyl sites for hydroxylation is 1. The van der Waals surface area contributed by atoms with Crippen molar-refractivity contribution in [2.75, 3.05) is 12.4 Å². The molecule has 4 rings (SSSR count). The summed E-state index contributed by atoms with van der Waals surface area (Å²) >= 11 is 0. The first-order valence-electron chi connectivity index (χ1n) is 9.05. The van der Waals surface area contributed by atoms with Crippen molar-refractivity contribution in [3.63, 3.8) is 0 Å². The summed E-state index contributed by atoms with van der Waals surface area (Å²) < 4.78 is 7.02. The van der Waals surface area contributed by atoms with Crippen molar-refractivity contribution >= 4 is 5.95 Å². The highest BCUT2D eigenvalue weighted by Crippen LogP contribution is 2.21. The van der Waals surface area contributed by atoms with Gasteiger partial charge in [-0.3, -0.25) is 4.98 Å². The Morgan fingerprint density at radius 1 is 0.964 bits per heavy atom. The molecule has 2 aromatic heterocycles. The summed E-state index contributed by atoms with van der Waals surface area (Å²) in [6.07, 6.45) is 1.82. The van der Waals surface area contributed by atoms with Crippen molar-refractivity contribution in [3.05, 3.63) is 84.1 Å². The van der Waals surface area contributed by atoms with Crippen molar-refractivity contribution in [1.82, 2.24) is 19.7 Å². The second-order valence-corrected chi connectivity index (χ2v) is 6.43. The first-order chi connectivity index (χ1) is 13.7. The van der Waals surface area contributed by atoms with Crippen molar-refractivity contribution in [2.45, 2.75) is 13.5 Å². The maximum atomic E-state index is 5.22. The van der Waals surface area contributed by atoms with Gasteiger partial charge < -0.3 is 10.1 Å². The van der Waals surface area contributed by atoms with Gasteiger partial charge in [-0.1, -0.05) is 36.4 Å². The molecule has 0 atom stereocenters. The molecule has 0 aliphatic carbocycles. The summed E-state index contributed by atoms with van der Waals surface area (Å²) in [4.78, 5) is 9.14. The summed E-state index contributed by atoms with van der Waals surface area (Å²) in [7, 11) is 1.66. The van der Waals surface area contributed by atoms with Gasteiger partial charge >= 0.3 is 0 Å². The molecule has 2 aromatic carbocycles. The molecule has 140 valence electrons. The number of nitrogens with one attached hydrogen (secondary N) is 1. The quantitative estimate of drug-likeness (QED) is 0.549. The lowest BCUT2D eigenvalue weighted by atomic mass is 10.2. The first-order valence-corrected chi connectivity index (χ1v) is 9.05. The second-order valence-electron chi connectivity index (χ2n) is 6.43. The molecule has 28 heavy (non-hydrogen) atoms. The predicted octanol–water partition coefficient (Wildman–Crippen LogP) is 4.26. The molecule has 0 radical (unpaired) electrons. The molecule has 6 heteroatoms. The van der Waals surface area contributed by atoms with E-state index in [2.05, 4.69) is 20.4 Å². The highest BCUT2D eigenvalue weighted by atomic mass is 16.5. The van der Waals surface area contributed by atoms with Gasteiger partial charge in [0.1, 0.15) is 11.4 Å². The maximum Gasteiger partial charge on any atom is 0.226 e. The number of hydrogen-bond acceptors (Lipinski definition) is 5. The van der Waals surface area contributed by atoms with Crippen molar-refractivity contribution in [2.24, 2.45) is 0 Å². The Labute approximate surface area is 163 Å². The van der Waals surface area contributed by atoms with Crippen LogP contribution < -0.4 is 10.1 Å². The molecule has 0 aliphatic heterocycles. The lowest BCUT2D eigenvalue weighted by Gasteiger charge is -2.08. The Balaban J connectivity index is 1.64. The van der Waals surface area contributed by atoms with Crippen molar-refractivity contribution in [3.8, 4) is 23.0 Å². The van der Waals surface area contributed by atoms with Crippen LogP contribution in [0.5, 0.6) is 5.75 Å². The summed E-state index contributed by atoms with van der Waals surface area (Å²) in [6.45, 7) is 2.63. The minimum absolute atomic E-state index is 0.584. The minimum atomic E-state index is 0.584. The van der Waals surface area contributed by atoms with Crippen LogP contribution in [0.4, 0.5) is 5.95 Å². The highest BCUT2D eigenvalue weighted by molar-refractivity contribution is 5.53. The zero-order chi connectivity index (χ0) is 19.3. The molecular formula is C22H21N5O. The Morgan fingerprint density at radius 3 is 2.43 bits per heavy atom. The minimum Gasteiger partial charge on any atom is -0.497 e. The van der Waals surface area contributed by atoms with E-state index in [1.54, 1.807) is 11.8 Å². The van der Waals surface area contributed by atoms with Crippen LogP contribution in [0.3, 0.4) is 0 Å². The number of anilines is 1. The third kappa shape index (κ3) is 3.86. The average Bonchev–Trinajstić information content (AvgIpc) is 3.18. The number of benzene rings is 2. The molecule has 0 spiro atoms. The Morgan fingerprint density at radius 2 is 1.75 bits per heavy atom. The SMILES string of the molecule is COc1ccc(CNc2nc(-c3ccc(C)cn3)nn2-c2ccccc2)cc1. The number of hydrogen-bond donors (Lipinski definition) is 1. The van der Waals surface area contributed by atoms with Crippen LogP contribution in [0, 0.1) is 6.92 Å². The summed E-state index contributed by atoms with van der Waals surface area (Å²) in [5, 5.41) is 8.07. The standard InChI is InChI=1S/C22H21N5O/c1-16-8-13-20(23-14-16)21-25-22(27(26-21)18-6-4-3-5-7-18)24-15-17-9-11-19(28-2)12-10-17/h3-14H,15H2,1-2H3,(H,24,25,26). The molecular weight excluding hydrogens is 350 g/mol. The molecule has 0 amide bonds. The van der Waals surface area contributed by atoms with E-state index in [1.165, 1.54) is 0 Å². The molecule has 0 saturated carbocycles. The summed E-state index contributed by atoms with van der Waals surface area (Å²) in [5.74, 6) is 2.09. The van der Waals surface area contributed by atoms with Gasteiger partial charge in [0.05, 0.1) is 12.8 Å². The predicted molar refractivity (Wildman–Crippen MR) is 110 cm³/mol. The largest absolute Gasteiger partial charge is 0.497 e. The Kier molecular flexibility index (Phi) is 5.01. The van der Waals surface area contributed by atoms with Crippen molar-refractivity contribution in [1.29, 1.82) is 0 Å². The van der Waals surface area contributed by atoms with Crippen LogP contribution in [0.25, 0.3) is 17.2 Å². The molecule has 4 aromatic rings. The number of pyridine rings is 1. The number of methoxy groups -OCH3 is 1. The van der Waals surface area contributed by atoms with Crippen LogP contribution in [-0.4, -0.2) is 26.9 Å². The van der Waals surface area contributed by atoms with Crippen LogP contribution >= 0.6 is 0 Å². The van der Waals surface area contributed by atoms with E-state index in [-0.39, 0.29) is 0 Å². The van der Waals surface area contributed by atoms with Crippen LogP contribution in [0.15, 0.2) is 72.9 Å². The van der Waals surface area contributed by atoms with E-state index in [1.807, 2.05) is 79.9 Å². The topological polar surface area (TPSA) is 64.9 Å². The zero-order valence-electron chi connectivity index (χ0n) is 15.8. The number of rotatable bonds is 6. The summed E-state index contributed by atoms with van der Waals surface area (Å²) in [6, 6.07) is 21.8. The average molecular weight is 371 g/mol. The number of nitrogens with zero attached hydrogens (tertiary/aromatic N) is 4. The first kappa shape index (κ1) is 17.7. The van der Waals surface area contributed by atoms with E-state index in [9.17, 15) is 0 Å². The van der Waals surface area contributed by atoms with Crippen LogP contribution in [0.2, 0.25) is 0 Å². The Bertz CT molecular complexity index is 1040. The van der Waals surface area contributed by atoms with Gasteiger partial charge in [-0.2, -0.15) is 9.67 Å². The van der Waals surface area contributed by atoms with Crippen LogP contribution in [-0.2, 0) is 6.54 Å². The van der Waals surface area contributed by atoms with E-state index in [0.29, 0.717) is 18.3 Å². The Hall–Kier alpha value is -3.67. The fourth-order valence-electron chi connectivity index (χ4n) is 2.81. The molecule has 0 aliphatic rings. The highest BCUT2D eigenvalue weighted by Gasteiger charge is 2.14. The molecule has 2 heterocycles. The maximum absolute atomic E-state index is 5.22. The molecule has 0 bridgehead atoms. The fourth-order valence-corrected chi connectivity index (χ4v) is 2.81. The van der Waals surface area contributed by atoms with E-state index >= 15 is 0 Å². The summed E-state index contributed by atoms with van der Waals surface area (Å²) in [5.41, 5.74) is 3.90. The van der Waals surface area contributed by atoms with Gasteiger partial charge in [0.15, 0.2) is 0 Å². The van der Waals surface area contributed by atoms with Gasteiger partial charge in [0.25, 0.3) is 0 Å². The van der Waals surface area contributed by atoms with E-state index in [0.717, 1.165) is 28.3 Å². The van der Waals surface area contributed by atoms with Gasteiger partial charge in [0.2, 0.25) is 11.8 Å². The smallest absolute Gasteiger partial charge is 0.226 e. The number of ether oxygens (including phenoxy) is 1. The molecule has 6 nitrogen and oxygen atoms in total. The van der Waals surface area contributed by atoms with Gasteiger partial charge in [0, 0.05) is 12.7 Å². The second kappa shape index (κ2) is 7.92. The normalized spacial score (nSPS) is 10.6. The molecule has 0 unspecified atom stereocenters. The van der Waals surface area contributed by atoms with E-state index in [4.69, 9.17) is 4.74 Å². The zero-order valence-corrected chi connectivity index (χ0v) is 15.8. The lowest BCUT2D eigenvalue weighted by molar-refractivity contribution is 0.414. The van der Waals surface area contributed by atoms with Gasteiger partial charge in [-0.25, -0.2) is 0 Å². The molecule has 1 N–H and O–H groups in total. The third-order valence-electron chi connectivity index (χ3n) is 4.36. The monoisotopic (exact) mass is 371 g/mol. The van der Waals surface area contributed by atoms with Crippen LogP contribution in [0.1, 0.15) is 11.1 Å². The lowest BCUT2D eigenvalue weighted by Crippen LogP contribution is -2.07. The molecule has 0 saturated heterocycles. The number of para-hydroxylation sites is 1. The molecule has 0 fully saturated rings. The van der Waals surface area contributed by atoms with Crippen molar-refractivity contribution < 1.29 is 4.74 Å². The third-order valence-corrected chi connectivity index (χ3v) is 4.36.